The summed E-state index contributed by atoms with van der Waals surface area (Å²) >= 11 is 0. The molecule has 1 aromatic heterocycles. The van der Waals surface area contributed by atoms with Crippen molar-refractivity contribution in [2.24, 2.45) is 0 Å². The standard InChI is InChI=1S/C18H22N2O5/c1-2-23-15-10-13(8-9-14(15)24-11-16(21)22)17-19-18(25-20-17)12-6-4-3-5-7-12/h8-10,12H,2-7,11H2,1H3,(H,21,22). The van der Waals surface area contributed by atoms with Crippen LogP contribution in [0.15, 0.2) is 22.7 Å². The van der Waals surface area contributed by atoms with Crippen molar-refractivity contribution in [1.82, 2.24) is 10.1 Å². The van der Waals surface area contributed by atoms with E-state index in [1.807, 2.05) is 6.92 Å². The normalized spacial score (nSPS) is 15.1. The molecule has 1 fully saturated rings. The molecule has 3 rings (SSSR count). The first-order valence-corrected chi connectivity index (χ1v) is 8.62. The molecule has 1 aliphatic carbocycles. The highest BCUT2D eigenvalue weighted by Crippen LogP contribution is 2.35. The predicted octanol–water partition coefficient (Wildman–Crippen LogP) is 3.65. The van der Waals surface area contributed by atoms with E-state index in [-0.39, 0.29) is 0 Å². The van der Waals surface area contributed by atoms with Crippen molar-refractivity contribution in [1.29, 1.82) is 0 Å². The van der Waals surface area contributed by atoms with Crippen LogP contribution in [0.2, 0.25) is 0 Å². The maximum absolute atomic E-state index is 10.7. The molecule has 134 valence electrons. The molecule has 1 aromatic carbocycles. The van der Waals surface area contributed by atoms with Crippen LogP contribution in [0.5, 0.6) is 11.5 Å². The van der Waals surface area contributed by atoms with Crippen molar-refractivity contribution in [2.45, 2.75) is 44.9 Å². The molecule has 0 amide bonds. The molecule has 25 heavy (non-hydrogen) atoms. The Morgan fingerprint density at radius 2 is 2.04 bits per heavy atom. The summed E-state index contributed by atoms with van der Waals surface area (Å²) in [5, 5.41) is 12.8. The summed E-state index contributed by atoms with van der Waals surface area (Å²) in [5.74, 6) is 1.35. The van der Waals surface area contributed by atoms with E-state index in [0.29, 0.717) is 35.7 Å². The third kappa shape index (κ3) is 4.29. The molecular weight excluding hydrogens is 324 g/mol. The van der Waals surface area contributed by atoms with Crippen molar-refractivity contribution in [3.63, 3.8) is 0 Å². The lowest BCUT2D eigenvalue weighted by atomic mass is 9.89. The molecule has 2 aromatic rings. The molecule has 0 atom stereocenters. The van der Waals surface area contributed by atoms with E-state index >= 15 is 0 Å². The van der Waals surface area contributed by atoms with E-state index in [2.05, 4.69) is 10.1 Å². The zero-order chi connectivity index (χ0) is 17.6. The number of carboxylic acids is 1. The topological polar surface area (TPSA) is 94.7 Å². The van der Waals surface area contributed by atoms with Crippen LogP contribution in [0.4, 0.5) is 0 Å². The number of aromatic nitrogens is 2. The maximum atomic E-state index is 10.7. The Balaban J connectivity index is 1.80. The number of rotatable bonds is 7. The van der Waals surface area contributed by atoms with E-state index < -0.39 is 12.6 Å². The van der Waals surface area contributed by atoms with Crippen molar-refractivity contribution >= 4 is 5.97 Å². The third-order valence-corrected chi connectivity index (χ3v) is 4.25. The summed E-state index contributed by atoms with van der Waals surface area (Å²) in [7, 11) is 0. The van der Waals surface area contributed by atoms with Crippen LogP contribution in [0, 0.1) is 0 Å². The highest BCUT2D eigenvalue weighted by Gasteiger charge is 2.22. The first-order valence-electron chi connectivity index (χ1n) is 8.62. The van der Waals surface area contributed by atoms with Gasteiger partial charge in [0, 0.05) is 11.5 Å². The lowest BCUT2D eigenvalue weighted by Gasteiger charge is -2.17. The third-order valence-electron chi connectivity index (χ3n) is 4.25. The summed E-state index contributed by atoms with van der Waals surface area (Å²) in [6, 6.07) is 5.19. The minimum absolute atomic E-state index is 0.347. The van der Waals surface area contributed by atoms with Gasteiger partial charge in [0.2, 0.25) is 11.7 Å². The van der Waals surface area contributed by atoms with Gasteiger partial charge in [0.05, 0.1) is 6.61 Å². The zero-order valence-electron chi connectivity index (χ0n) is 14.2. The number of carbonyl (C=O) groups is 1. The molecule has 0 unspecified atom stereocenters. The van der Waals surface area contributed by atoms with Crippen molar-refractivity contribution in [3.8, 4) is 22.9 Å². The second-order valence-electron chi connectivity index (χ2n) is 6.07. The van der Waals surface area contributed by atoms with Gasteiger partial charge in [0.25, 0.3) is 0 Å². The van der Waals surface area contributed by atoms with Gasteiger partial charge < -0.3 is 19.1 Å². The first kappa shape index (κ1) is 17.3. The van der Waals surface area contributed by atoms with Gasteiger partial charge in [-0.15, -0.1) is 0 Å². The lowest BCUT2D eigenvalue weighted by molar-refractivity contribution is -0.139. The van der Waals surface area contributed by atoms with Gasteiger partial charge in [-0.2, -0.15) is 4.98 Å². The van der Waals surface area contributed by atoms with Crippen molar-refractivity contribution < 1.29 is 23.9 Å². The molecule has 1 saturated carbocycles. The Hall–Kier alpha value is -2.57. The SMILES string of the molecule is CCOc1cc(-c2noc(C3CCCCC3)n2)ccc1OCC(=O)O. The van der Waals surface area contributed by atoms with E-state index in [1.54, 1.807) is 18.2 Å². The van der Waals surface area contributed by atoms with Crippen LogP contribution < -0.4 is 9.47 Å². The van der Waals surface area contributed by atoms with Gasteiger partial charge in [-0.3, -0.25) is 0 Å². The summed E-state index contributed by atoms with van der Waals surface area (Å²) < 4.78 is 16.3. The number of hydrogen-bond acceptors (Lipinski definition) is 6. The van der Waals surface area contributed by atoms with Gasteiger partial charge >= 0.3 is 5.97 Å². The monoisotopic (exact) mass is 346 g/mol. The average Bonchev–Trinajstić information content (AvgIpc) is 3.11. The molecule has 1 N–H and O–H groups in total. The lowest BCUT2D eigenvalue weighted by Crippen LogP contribution is -2.10. The van der Waals surface area contributed by atoms with Crippen LogP contribution >= 0.6 is 0 Å². The molecular formula is C18H22N2O5. The largest absolute Gasteiger partial charge is 0.490 e. The fraction of sp³-hybridized carbons (Fsp3) is 0.500. The van der Waals surface area contributed by atoms with E-state index in [4.69, 9.17) is 19.1 Å². The number of ether oxygens (including phenoxy) is 2. The molecule has 0 saturated heterocycles. The smallest absolute Gasteiger partial charge is 0.341 e. The molecule has 0 aliphatic heterocycles. The molecule has 1 heterocycles. The van der Waals surface area contributed by atoms with E-state index in [9.17, 15) is 4.79 Å². The quantitative estimate of drug-likeness (QED) is 0.817. The first-order chi connectivity index (χ1) is 12.2. The van der Waals surface area contributed by atoms with Gasteiger partial charge in [-0.1, -0.05) is 24.4 Å². The van der Waals surface area contributed by atoms with Gasteiger partial charge in [0.1, 0.15) is 0 Å². The molecule has 0 bridgehead atoms. The number of benzene rings is 1. The second-order valence-corrected chi connectivity index (χ2v) is 6.07. The van der Waals surface area contributed by atoms with Crippen LogP contribution in [-0.4, -0.2) is 34.4 Å². The highest BCUT2D eigenvalue weighted by atomic mass is 16.5. The van der Waals surface area contributed by atoms with Crippen molar-refractivity contribution in [3.05, 3.63) is 24.1 Å². The number of nitrogens with zero attached hydrogens (tertiary/aromatic N) is 2. The summed E-state index contributed by atoms with van der Waals surface area (Å²) in [6.45, 7) is 1.86. The van der Waals surface area contributed by atoms with Gasteiger partial charge in [-0.25, -0.2) is 4.79 Å². The fourth-order valence-corrected chi connectivity index (χ4v) is 3.04. The molecule has 7 nitrogen and oxygen atoms in total. The van der Waals surface area contributed by atoms with Crippen molar-refractivity contribution in [2.75, 3.05) is 13.2 Å². The van der Waals surface area contributed by atoms with E-state index in [1.165, 1.54) is 19.3 Å². The Bertz CT molecular complexity index is 722. The zero-order valence-corrected chi connectivity index (χ0v) is 14.2. The maximum Gasteiger partial charge on any atom is 0.341 e. The Labute approximate surface area is 145 Å². The van der Waals surface area contributed by atoms with Gasteiger partial charge in [0.15, 0.2) is 18.1 Å². The predicted molar refractivity (Wildman–Crippen MR) is 89.9 cm³/mol. The molecule has 0 radical (unpaired) electrons. The molecule has 7 heteroatoms. The second kappa shape index (κ2) is 8.00. The number of aliphatic carboxylic acids is 1. The fourth-order valence-electron chi connectivity index (χ4n) is 3.04. The Morgan fingerprint density at radius 1 is 1.24 bits per heavy atom. The minimum Gasteiger partial charge on any atom is -0.490 e. The average molecular weight is 346 g/mol. The molecule has 1 aliphatic rings. The summed E-state index contributed by atoms with van der Waals surface area (Å²) in [4.78, 5) is 15.2. The van der Waals surface area contributed by atoms with Crippen LogP contribution in [0.25, 0.3) is 11.4 Å². The highest BCUT2D eigenvalue weighted by molar-refractivity contribution is 5.69. The molecule has 0 spiro atoms. The van der Waals surface area contributed by atoms with Crippen LogP contribution in [0.1, 0.15) is 50.8 Å². The Morgan fingerprint density at radius 3 is 2.76 bits per heavy atom. The number of carboxylic acid groups (broad SMARTS) is 1. The Kier molecular flexibility index (Phi) is 5.53. The minimum atomic E-state index is -1.04. The van der Waals surface area contributed by atoms with E-state index in [0.717, 1.165) is 18.4 Å². The summed E-state index contributed by atoms with van der Waals surface area (Å²) in [5.41, 5.74) is 0.747. The van der Waals surface area contributed by atoms with Crippen LogP contribution in [-0.2, 0) is 4.79 Å². The van der Waals surface area contributed by atoms with Gasteiger partial charge in [-0.05, 0) is 38.0 Å². The number of hydrogen-bond donors (Lipinski definition) is 1. The summed E-state index contributed by atoms with van der Waals surface area (Å²) in [6.07, 6.45) is 5.85. The van der Waals surface area contributed by atoms with Crippen LogP contribution in [0.3, 0.4) is 0 Å².